The fourth-order valence-electron chi connectivity index (χ4n) is 2.60. The zero-order chi connectivity index (χ0) is 15.9. The Balaban J connectivity index is 2.20. The molecule has 1 aliphatic rings. The van der Waals surface area contributed by atoms with E-state index in [1.54, 1.807) is 7.11 Å². The molecule has 1 aromatic carbocycles. The van der Waals surface area contributed by atoms with Gasteiger partial charge in [-0.3, -0.25) is 15.4 Å². The Bertz CT molecular complexity index is 557. The first-order valence-electron chi connectivity index (χ1n) is 7.36. The Kier molecular flexibility index (Phi) is 5.75. The first-order valence-corrected chi connectivity index (χ1v) is 7.36. The highest BCUT2D eigenvalue weighted by atomic mass is 16.5. The Morgan fingerprint density at radius 3 is 2.59 bits per heavy atom. The summed E-state index contributed by atoms with van der Waals surface area (Å²) >= 11 is 0. The van der Waals surface area contributed by atoms with Crippen LogP contribution in [0, 0.1) is 0 Å². The summed E-state index contributed by atoms with van der Waals surface area (Å²) in [5.74, 6) is 0.717. The van der Waals surface area contributed by atoms with Crippen LogP contribution >= 0.6 is 0 Å². The van der Waals surface area contributed by atoms with Crippen LogP contribution in [0.5, 0.6) is 5.75 Å². The number of hydrogen-bond donors (Lipinski definition) is 3. The molecule has 0 bridgehead atoms. The highest BCUT2D eigenvalue weighted by molar-refractivity contribution is 6.01. The summed E-state index contributed by atoms with van der Waals surface area (Å²) in [5.41, 5.74) is 2.96. The van der Waals surface area contributed by atoms with Gasteiger partial charge in [-0.05, 0) is 17.2 Å². The maximum atomic E-state index is 11.7. The molecule has 1 amide bonds. The van der Waals surface area contributed by atoms with E-state index in [4.69, 9.17) is 4.74 Å². The number of nitrogens with one attached hydrogen (secondary N) is 3. The molecular weight excluding hydrogens is 278 g/mol. The van der Waals surface area contributed by atoms with Gasteiger partial charge in [-0.2, -0.15) is 0 Å². The second-order valence-electron chi connectivity index (χ2n) is 5.16. The molecule has 0 spiro atoms. The average molecular weight is 301 g/mol. The summed E-state index contributed by atoms with van der Waals surface area (Å²) in [6.45, 7) is 8.88. The smallest absolute Gasteiger partial charge is 0.228 e. The fourth-order valence-corrected chi connectivity index (χ4v) is 2.60. The monoisotopic (exact) mass is 301 g/mol. The first kappa shape index (κ1) is 16.3. The van der Waals surface area contributed by atoms with Crippen LogP contribution in [0.15, 0.2) is 37.4 Å². The minimum absolute atomic E-state index is 0.00963. The normalized spacial score (nSPS) is 12.9. The van der Waals surface area contributed by atoms with Crippen molar-refractivity contribution in [2.24, 2.45) is 0 Å². The summed E-state index contributed by atoms with van der Waals surface area (Å²) in [6, 6.07) is 3.92. The van der Waals surface area contributed by atoms with E-state index in [1.807, 2.05) is 24.3 Å². The van der Waals surface area contributed by atoms with E-state index in [0.717, 1.165) is 23.2 Å². The quantitative estimate of drug-likeness (QED) is 0.479. The van der Waals surface area contributed by atoms with E-state index in [2.05, 4.69) is 29.1 Å². The molecule has 0 fully saturated rings. The van der Waals surface area contributed by atoms with Crippen LogP contribution in [0.4, 0.5) is 5.69 Å². The highest BCUT2D eigenvalue weighted by Gasteiger charge is 2.25. The third-order valence-corrected chi connectivity index (χ3v) is 3.63. The zero-order valence-corrected chi connectivity index (χ0v) is 12.9. The van der Waals surface area contributed by atoms with E-state index in [9.17, 15) is 4.79 Å². The van der Waals surface area contributed by atoms with Crippen LogP contribution in [0.3, 0.4) is 0 Å². The van der Waals surface area contributed by atoms with Gasteiger partial charge in [0, 0.05) is 19.5 Å². The molecule has 0 unspecified atom stereocenters. The lowest BCUT2D eigenvalue weighted by atomic mass is 10.00. The lowest BCUT2D eigenvalue weighted by molar-refractivity contribution is -0.115. The van der Waals surface area contributed by atoms with Gasteiger partial charge in [0.05, 0.1) is 25.4 Å². The Hall–Kier alpha value is -2.11. The number of methoxy groups -OCH3 is 1. The van der Waals surface area contributed by atoms with Crippen molar-refractivity contribution in [3.8, 4) is 5.75 Å². The number of hydrogen-bond acceptors (Lipinski definition) is 4. The van der Waals surface area contributed by atoms with Crippen molar-refractivity contribution < 1.29 is 9.53 Å². The van der Waals surface area contributed by atoms with Gasteiger partial charge in [0.25, 0.3) is 0 Å². The predicted molar refractivity (Wildman–Crippen MR) is 89.2 cm³/mol. The molecule has 3 N–H and O–H groups in total. The number of ether oxygens (including phenoxy) is 1. The number of amides is 1. The van der Waals surface area contributed by atoms with Gasteiger partial charge in [-0.25, -0.2) is 0 Å². The van der Waals surface area contributed by atoms with E-state index in [0.29, 0.717) is 25.3 Å². The molecule has 0 saturated carbocycles. The molecule has 0 atom stereocenters. The van der Waals surface area contributed by atoms with E-state index in [1.165, 1.54) is 0 Å². The van der Waals surface area contributed by atoms with Gasteiger partial charge in [0.1, 0.15) is 5.75 Å². The van der Waals surface area contributed by atoms with Crippen LogP contribution in [-0.2, 0) is 17.6 Å². The molecule has 0 aliphatic carbocycles. The Morgan fingerprint density at radius 2 is 2.00 bits per heavy atom. The van der Waals surface area contributed by atoms with Crippen LogP contribution in [0.1, 0.15) is 11.1 Å². The number of benzene rings is 1. The summed E-state index contributed by atoms with van der Waals surface area (Å²) in [5, 5.41) is 9.62. The largest absolute Gasteiger partial charge is 0.495 e. The van der Waals surface area contributed by atoms with Crippen molar-refractivity contribution in [1.29, 1.82) is 0 Å². The minimum atomic E-state index is 0.00963. The summed E-state index contributed by atoms with van der Waals surface area (Å²) < 4.78 is 5.32. The second kappa shape index (κ2) is 7.77. The molecular formula is C17H23N3O2. The van der Waals surface area contributed by atoms with E-state index >= 15 is 0 Å². The van der Waals surface area contributed by atoms with E-state index in [-0.39, 0.29) is 12.1 Å². The molecule has 0 aromatic heterocycles. The number of carbonyl (C=O) groups excluding carboxylic acids is 1. The van der Waals surface area contributed by atoms with Crippen LogP contribution in [0.2, 0.25) is 0 Å². The van der Waals surface area contributed by atoms with Gasteiger partial charge in [0.2, 0.25) is 5.91 Å². The molecule has 118 valence electrons. The average Bonchev–Trinajstić information content (AvgIpc) is 2.91. The van der Waals surface area contributed by atoms with Crippen molar-refractivity contribution in [2.75, 3.05) is 25.5 Å². The van der Waals surface area contributed by atoms with Crippen molar-refractivity contribution in [3.05, 3.63) is 48.6 Å². The van der Waals surface area contributed by atoms with Gasteiger partial charge in [-0.1, -0.05) is 18.2 Å². The molecule has 0 radical (unpaired) electrons. The maximum Gasteiger partial charge on any atom is 0.228 e. The van der Waals surface area contributed by atoms with Crippen molar-refractivity contribution in [2.45, 2.75) is 19.0 Å². The topological polar surface area (TPSA) is 62.4 Å². The molecule has 5 heteroatoms. The summed E-state index contributed by atoms with van der Waals surface area (Å²) in [6.07, 6.45) is 4.91. The predicted octanol–water partition coefficient (Wildman–Crippen LogP) is 1.61. The third-order valence-electron chi connectivity index (χ3n) is 3.63. The molecule has 5 nitrogen and oxygen atoms in total. The van der Waals surface area contributed by atoms with Crippen molar-refractivity contribution >= 4 is 11.6 Å². The lowest BCUT2D eigenvalue weighted by Crippen LogP contribution is -2.44. The molecule has 1 aliphatic heterocycles. The maximum absolute atomic E-state index is 11.7. The standard InChI is InChI=1S/C17H23N3O2/c1-4-8-18-15(19-9-5-2)10-12-6-7-14(22-3)17-13(12)11-16(21)20-17/h4-7,15,18-19H,1-2,8-11H2,3H3,(H,20,21). The van der Waals surface area contributed by atoms with Crippen LogP contribution in [0.25, 0.3) is 0 Å². The van der Waals surface area contributed by atoms with E-state index < -0.39 is 0 Å². The van der Waals surface area contributed by atoms with Crippen LogP contribution < -0.4 is 20.7 Å². The molecule has 22 heavy (non-hydrogen) atoms. The van der Waals surface area contributed by atoms with Gasteiger partial charge in [0.15, 0.2) is 0 Å². The lowest BCUT2D eigenvalue weighted by Gasteiger charge is -2.21. The van der Waals surface area contributed by atoms with Gasteiger partial charge < -0.3 is 10.1 Å². The molecule has 1 aromatic rings. The van der Waals surface area contributed by atoms with Gasteiger partial charge >= 0.3 is 0 Å². The molecule has 1 heterocycles. The van der Waals surface area contributed by atoms with Gasteiger partial charge in [-0.15, -0.1) is 13.2 Å². The van der Waals surface area contributed by atoms with Crippen molar-refractivity contribution in [1.82, 2.24) is 10.6 Å². The van der Waals surface area contributed by atoms with Crippen LogP contribution in [-0.4, -0.2) is 32.3 Å². The first-order chi connectivity index (χ1) is 10.7. The Morgan fingerprint density at radius 1 is 1.32 bits per heavy atom. The third kappa shape index (κ3) is 3.75. The van der Waals surface area contributed by atoms with Crippen molar-refractivity contribution in [3.63, 3.8) is 0 Å². The minimum Gasteiger partial charge on any atom is -0.495 e. The highest BCUT2D eigenvalue weighted by Crippen LogP contribution is 2.35. The molecule has 0 saturated heterocycles. The SMILES string of the molecule is C=CCNC(Cc1ccc(OC)c2c1CC(=O)N2)NCC=C. The second-order valence-corrected chi connectivity index (χ2v) is 5.16. The fraction of sp³-hybridized carbons (Fsp3) is 0.353. The number of anilines is 1. The zero-order valence-electron chi connectivity index (χ0n) is 12.9. The number of fused-ring (bicyclic) bond motifs is 1. The summed E-state index contributed by atoms with van der Waals surface area (Å²) in [7, 11) is 1.61. The Labute approximate surface area is 131 Å². The molecule has 2 rings (SSSR count). The number of rotatable bonds is 9. The summed E-state index contributed by atoms with van der Waals surface area (Å²) in [4.78, 5) is 11.7. The number of carbonyl (C=O) groups is 1.